The summed E-state index contributed by atoms with van der Waals surface area (Å²) in [5, 5.41) is 20.1. The second-order valence-electron chi connectivity index (χ2n) is 18.0. The van der Waals surface area contributed by atoms with Crippen LogP contribution in [0.4, 0.5) is 9.93 Å². The van der Waals surface area contributed by atoms with E-state index in [0.29, 0.717) is 48.2 Å². The second-order valence-corrected chi connectivity index (χ2v) is 19.9. The predicted octanol–water partition coefficient (Wildman–Crippen LogP) is 5.69. The second kappa shape index (κ2) is 23.4. The summed E-state index contributed by atoms with van der Waals surface area (Å²) in [6.45, 7) is 8.24. The molecule has 4 atom stereocenters. The zero-order chi connectivity index (χ0) is 53.3. The normalized spacial score (nSPS) is 20.0. The molecule has 0 radical (unpaired) electrons. The number of esters is 1. The van der Waals surface area contributed by atoms with Crippen molar-refractivity contribution >= 4 is 69.9 Å². The van der Waals surface area contributed by atoms with Crippen molar-refractivity contribution in [3.63, 3.8) is 0 Å². The fraction of sp³-hybridized carbons (Fsp3) is 0.255. The predicted molar refractivity (Wildman–Crippen MR) is 284 cm³/mol. The number of ether oxygens (including phenoxy) is 2. The van der Waals surface area contributed by atoms with Crippen molar-refractivity contribution < 1.29 is 48.2 Å². The number of hydrogen-bond donors (Lipinski definition) is 4. The fourth-order valence-corrected chi connectivity index (χ4v) is 11.5. The molecule has 0 bridgehead atoms. The van der Waals surface area contributed by atoms with Crippen molar-refractivity contribution in [1.82, 2.24) is 34.7 Å². The number of likely N-dealkylation sites (tertiary alicyclic amines) is 2. The Hall–Kier alpha value is -8.40. The number of amides is 4. The Kier molecular flexibility index (Phi) is 16.2. The van der Waals surface area contributed by atoms with Crippen LogP contribution in [-0.4, -0.2) is 127 Å². The molecule has 9 rings (SSSR count). The largest absolute Gasteiger partial charge is 0.477 e. The highest BCUT2D eigenvalue weighted by Gasteiger charge is 2.55. The quantitative estimate of drug-likeness (QED) is 0.0139. The van der Waals surface area contributed by atoms with Crippen LogP contribution < -0.4 is 16.4 Å². The topological polar surface area (TPSA) is 248 Å². The van der Waals surface area contributed by atoms with Gasteiger partial charge in [-0.05, 0) is 35.6 Å². The first kappa shape index (κ1) is 52.5. The van der Waals surface area contributed by atoms with Gasteiger partial charge in [-0.3, -0.25) is 29.0 Å². The summed E-state index contributed by atoms with van der Waals surface area (Å²) in [6, 6.07) is 33.7. The zero-order valence-electron chi connectivity index (χ0n) is 41.0. The maximum absolute atomic E-state index is 14.4. The average molecular weight is 1060 g/mol. The molecule has 19 nitrogen and oxygen atoms in total. The van der Waals surface area contributed by atoms with Crippen molar-refractivity contribution in [2.24, 2.45) is 5.16 Å². The summed E-state index contributed by atoms with van der Waals surface area (Å²) in [5.41, 5.74) is 8.37. The molecule has 5 heterocycles. The van der Waals surface area contributed by atoms with E-state index < -0.39 is 58.9 Å². The molecule has 3 fully saturated rings. The third-order valence-electron chi connectivity index (χ3n) is 13.3. The van der Waals surface area contributed by atoms with E-state index in [4.69, 9.17) is 20.0 Å². The number of anilines is 1. The first-order valence-corrected chi connectivity index (χ1v) is 26.1. The van der Waals surface area contributed by atoms with Crippen LogP contribution in [0.3, 0.4) is 0 Å². The average Bonchev–Trinajstić information content (AvgIpc) is 4.25. The molecular weight excluding hydrogens is 1010 g/mol. The lowest BCUT2D eigenvalue weighted by molar-refractivity contribution is -0.150. The van der Waals surface area contributed by atoms with Gasteiger partial charge in [-0.2, -0.15) is 9.36 Å². The Labute approximate surface area is 445 Å². The van der Waals surface area contributed by atoms with Crippen LogP contribution in [-0.2, 0) is 50.4 Å². The molecule has 21 heteroatoms. The van der Waals surface area contributed by atoms with Crippen molar-refractivity contribution in [2.45, 2.75) is 48.5 Å². The number of nitrogen functional groups attached to an aromatic ring is 1. The van der Waals surface area contributed by atoms with Crippen LogP contribution in [0, 0.1) is 0 Å². The molecule has 390 valence electrons. The number of aromatic nitrogens is 2. The van der Waals surface area contributed by atoms with Crippen LogP contribution in [0.2, 0.25) is 0 Å². The van der Waals surface area contributed by atoms with Gasteiger partial charge in [0.25, 0.3) is 11.8 Å². The number of nitrogens with two attached hydrogens (primary N) is 1. The number of carbonyl (C=O) groups is 6. The first-order chi connectivity index (χ1) is 36.9. The summed E-state index contributed by atoms with van der Waals surface area (Å²) in [7, 11) is 0. The van der Waals surface area contributed by atoms with E-state index in [1.807, 2.05) is 115 Å². The summed E-state index contributed by atoms with van der Waals surface area (Å²) in [5.74, 6) is -3.70. The molecule has 0 spiro atoms. The molecule has 4 aromatic carbocycles. The number of allylic oxidation sites excluding steroid dienone is 1. The number of β-lactam (4-membered cyclic amide) rings is 1. The molecule has 4 amide bonds. The number of nitrogens with zero attached hydrogens (tertiary/aromatic N) is 6. The van der Waals surface area contributed by atoms with E-state index in [2.05, 4.69) is 38.3 Å². The minimum Gasteiger partial charge on any atom is -0.477 e. The molecule has 76 heavy (non-hydrogen) atoms. The van der Waals surface area contributed by atoms with Gasteiger partial charge >= 0.3 is 18.0 Å². The van der Waals surface area contributed by atoms with Gasteiger partial charge in [-0.25, -0.2) is 9.59 Å². The Morgan fingerprint density at radius 1 is 0.882 bits per heavy atom. The van der Waals surface area contributed by atoms with Crippen molar-refractivity contribution in [1.29, 1.82) is 0 Å². The van der Waals surface area contributed by atoms with E-state index in [9.17, 15) is 33.9 Å². The lowest BCUT2D eigenvalue weighted by Gasteiger charge is -2.49. The number of hydrogen-bond acceptors (Lipinski definition) is 16. The van der Waals surface area contributed by atoms with Crippen LogP contribution in [0.5, 0.6) is 0 Å². The maximum atomic E-state index is 14.4. The Morgan fingerprint density at radius 2 is 1.51 bits per heavy atom. The van der Waals surface area contributed by atoms with Crippen LogP contribution in [0.15, 0.2) is 169 Å². The summed E-state index contributed by atoms with van der Waals surface area (Å²) in [4.78, 5) is 96.4. The third-order valence-corrected chi connectivity index (χ3v) is 15.1. The molecule has 0 unspecified atom stereocenters. The fourth-order valence-electron chi connectivity index (χ4n) is 9.74. The Bertz CT molecular complexity index is 3020. The number of fused-ring (bicyclic) bond motifs is 1. The SMILES string of the molecule is C=CCOC(=O)CNCc1ccc([C@H]2C[C@H](N3CC/C(=C\C4=C(C(=O)O)N5C(=O)[C@@H](NC(=O)/C(=N\OC(c6ccccc6)(c6ccccc6)c6ccccc6)c6nsc(N)n6)[C@H]5SC4)C3=O)CN2C(=O)OCC=C)cc1. The molecular formula is C55H53N9O10S2. The monoisotopic (exact) mass is 1060 g/mol. The van der Waals surface area contributed by atoms with Crippen molar-refractivity contribution in [3.05, 3.63) is 197 Å². The van der Waals surface area contributed by atoms with E-state index in [1.165, 1.54) is 23.9 Å². The first-order valence-electron chi connectivity index (χ1n) is 24.3. The molecule has 0 aliphatic carbocycles. The number of thioether (sulfide) groups is 1. The number of aliphatic carboxylic acids is 1. The highest BCUT2D eigenvalue weighted by Crippen LogP contribution is 2.44. The highest BCUT2D eigenvalue weighted by molar-refractivity contribution is 8.00. The molecule has 3 saturated heterocycles. The van der Waals surface area contributed by atoms with Crippen LogP contribution in [0.1, 0.15) is 52.5 Å². The molecule has 4 aliphatic heterocycles. The van der Waals surface area contributed by atoms with E-state index in [-0.39, 0.29) is 65.9 Å². The van der Waals surface area contributed by atoms with Crippen molar-refractivity contribution in [2.75, 3.05) is 44.3 Å². The maximum Gasteiger partial charge on any atom is 0.410 e. The number of nitrogens with one attached hydrogen (secondary N) is 2. The zero-order valence-corrected chi connectivity index (χ0v) is 42.6. The highest BCUT2D eigenvalue weighted by atomic mass is 32.2. The minimum atomic E-state index is -1.39. The smallest absolute Gasteiger partial charge is 0.410 e. The number of oxime groups is 1. The van der Waals surface area contributed by atoms with Gasteiger partial charge < -0.3 is 40.7 Å². The van der Waals surface area contributed by atoms with Gasteiger partial charge in [-0.1, -0.05) is 146 Å². The molecule has 5 aromatic rings. The van der Waals surface area contributed by atoms with Crippen LogP contribution in [0.25, 0.3) is 0 Å². The number of carbonyl (C=O) groups excluding carboxylic acids is 5. The minimum absolute atomic E-state index is 0.00135. The van der Waals surface area contributed by atoms with Gasteiger partial charge in [0.05, 0.1) is 18.6 Å². The molecule has 4 aliphatic rings. The molecule has 0 saturated carbocycles. The van der Waals surface area contributed by atoms with Gasteiger partial charge in [0.1, 0.15) is 30.3 Å². The third kappa shape index (κ3) is 10.9. The van der Waals surface area contributed by atoms with E-state index in [1.54, 1.807) is 15.9 Å². The van der Waals surface area contributed by atoms with E-state index in [0.717, 1.165) is 27.6 Å². The Balaban J connectivity index is 0.918. The lowest BCUT2D eigenvalue weighted by Crippen LogP contribution is -2.71. The Morgan fingerprint density at radius 3 is 2.11 bits per heavy atom. The summed E-state index contributed by atoms with van der Waals surface area (Å²) >= 11 is 2.07. The van der Waals surface area contributed by atoms with Gasteiger partial charge in [-0.15, -0.1) is 11.8 Å². The summed E-state index contributed by atoms with van der Waals surface area (Å²) in [6.07, 6.45) is 4.65. The number of carboxylic acids is 1. The number of rotatable bonds is 20. The summed E-state index contributed by atoms with van der Waals surface area (Å²) < 4.78 is 14.7. The standard InChI is InChI=1S/C55H53N9O10S2/c1-3-26-72-43(65)31-57-30-34-20-22-35(23-21-34)42-29-41(32-63(42)54(71)73-27-4-2)62-25-24-36(49(62)67)28-37-33-75-51-45(50(68)64(51)46(37)52(69)70)58-48(66)44(47-59-53(56)76-61-47)60-74-55(38-14-8-5-9-15-38,39-16-10-6-11-17-39)40-18-12-7-13-19-40/h3-23,28,41-42,45,51,57H,1-2,24-27,29-33H2,(H,58,66)(H,69,70)(H2,56,59,61)/b36-28+,60-44-/t41-,42+,45+,51+/m0/s1. The van der Waals surface area contributed by atoms with Gasteiger partial charge in [0.15, 0.2) is 5.13 Å². The van der Waals surface area contributed by atoms with Gasteiger partial charge in [0, 0.05) is 59.2 Å². The van der Waals surface area contributed by atoms with E-state index >= 15 is 0 Å². The van der Waals surface area contributed by atoms with Crippen LogP contribution >= 0.6 is 23.3 Å². The molecule has 5 N–H and O–H groups in total. The number of benzene rings is 4. The molecule has 1 aromatic heterocycles. The lowest BCUT2D eigenvalue weighted by atomic mass is 9.80. The van der Waals surface area contributed by atoms with Gasteiger partial charge in [0.2, 0.25) is 23.0 Å². The van der Waals surface area contributed by atoms with Crippen molar-refractivity contribution in [3.8, 4) is 0 Å². The number of carboxylic acid groups (broad SMARTS) is 1.